The van der Waals surface area contributed by atoms with Crippen LogP contribution in [0, 0.1) is 0 Å². The van der Waals surface area contributed by atoms with E-state index in [9.17, 15) is 22.8 Å². The first kappa shape index (κ1) is 35.6. The molecule has 0 aliphatic carbocycles. The van der Waals surface area contributed by atoms with Gasteiger partial charge in [0.2, 0.25) is 0 Å². The summed E-state index contributed by atoms with van der Waals surface area (Å²) in [5.41, 5.74) is 0.356. The van der Waals surface area contributed by atoms with Gasteiger partial charge in [0, 0.05) is 13.3 Å². The van der Waals surface area contributed by atoms with Crippen molar-refractivity contribution in [1.82, 2.24) is 0 Å². The summed E-state index contributed by atoms with van der Waals surface area (Å²) in [6.45, 7) is -0.810. The second kappa shape index (κ2) is 16.5. The Kier molecular flexibility index (Phi) is 12.5. The summed E-state index contributed by atoms with van der Waals surface area (Å²) in [6.07, 6.45) is -4.03. The molecule has 0 radical (unpaired) electrons. The highest BCUT2D eigenvalue weighted by molar-refractivity contribution is 7.87. The van der Waals surface area contributed by atoms with Crippen molar-refractivity contribution in [3.05, 3.63) is 135 Å². The van der Waals surface area contributed by atoms with Crippen molar-refractivity contribution in [1.29, 1.82) is 0 Å². The monoisotopic (exact) mass is 717 g/mol. The predicted molar refractivity (Wildman–Crippen MR) is 176 cm³/mol. The molecule has 0 unspecified atom stereocenters. The van der Waals surface area contributed by atoms with Crippen molar-refractivity contribution < 1.29 is 41.2 Å². The van der Waals surface area contributed by atoms with Gasteiger partial charge in [0.1, 0.15) is 11.5 Å². The molecule has 244 valence electrons. The van der Waals surface area contributed by atoms with Gasteiger partial charge in [-0.2, -0.15) is 8.42 Å². The van der Waals surface area contributed by atoms with E-state index in [1.54, 1.807) is 54.6 Å². The number of rotatable bonds is 13. The third kappa shape index (κ3) is 9.63. The zero-order valence-corrected chi connectivity index (χ0v) is 27.6. The molecule has 14 heteroatoms. The fraction of sp³-hybridized carbons (Fsp3) is 0.152. The highest BCUT2D eigenvalue weighted by atomic mass is 35.5. The molecule has 0 fully saturated rings. The minimum absolute atomic E-state index is 0.0225. The van der Waals surface area contributed by atoms with Gasteiger partial charge in [-0.05, 0) is 48.5 Å². The lowest BCUT2D eigenvalue weighted by molar-refractivity contribution is -0.0680. The van der Waals surface area contributed by atoms with Gasteiger partial charge in [0.05, 0.1) is 31.8 Å². The minimum atomic E-state index is -4.86. The molecule has 0 aliphatic rings. The van der Waals surface area contributed by atoms with Crippen LogP contribution in [-0.4, -0.2) is 64.5 Å². The van der Waals surface area contributed by atoms with Crippen LogP contribution < -0.4 is 0 Å². The molecule has 0 aliphatic heterocycles. The highest BCUT2D eigenvalue weighted by Crippen LogP contribution is 2.33. The number of esters is 3. The fourth-order valence-corrected chi connectivity index (χ4v) is 6.17. The molecular weight excluding hydrogens is 693 g/mol. The minimum Gasteiger partial charge on any atom is -0.459 e. The Morgan fingerprint density at radius 3 is 1.68 bits per heavy atom. The second-order valence-electron chi connectivity index (χ2n) is 9.63. The van der Waals surface area contributed by atoms with Gasteiger partial charge in [0.15, 0.2) is 18.3 Å². The summed E-state index contributed by atoms with van der Waals surface area (Å²) < 4.78 is 49.9. The van der Waals surface area contributed by atoms with Crippen molar-refractivity contribution in [2.24, 2.45) is 4.99 Å². The van der Waals surface area contributed by atoms with Crippen molar-refractivity contribution >= 4 is 69.0 Å². The molecule has 47 heavy (non-hydrogen) atoms. The van der Waals surface area contributed by atoms with Crippen LogP contribution in [0.1, 0.15) is 31.1 Å². The molecule has 4 aromatic rings. The fourth-order valence-electron chi connectivity index (χ4n) is 4.12. The van der Waals surface area contributed by atoms with Crippen LogP contribution in [0.15, 0.2) is 113 Å². The van der Waals surface area contributed by atoms with Gasteiger partial charge in [-0.1, -0.05) is 89.4 Å². The summed E-state index contributed by atoms with van der Waals surface area (Å²) in [4.78, 5) is 42.9. The predicted octanol–water partition coefficient (Wildman–Crippen LogP) is 6.73. The molecule has 0 amide bonds. The lowest BCUT2D eigenvalue weighted by Crippen LogP contribution is -2.48. The van der Waals surface area contributed by atoms with Crippen molar-refractivity contribution in [3.8, 4) is 0 Å². The van der Waals surface area contributed by atoms with E-state index in [4.69, 9.17) is 53.2 Å². The molecule has 0 spiro atoms. The standard InChI is InChI=1S/C33H26Cl3NO9S/c1-37-19-27(44-32(39)22-13-7-3-8-14-22)30(45-33(40)23-15-9-4-10-16-23)28(20-43-31(38)21-11-5-2-6-12-21)46-47(41,42)29-18-25(35)24(34)17-26(29)36/h2-19,27-28,30H,20H2,1H3/t27-,28+,30-/m0/s1. The maximum Gasteiger partial charge on any atom is 0.338 e. The number of hydrogen-bond acceptors (Lipinski definition) is 10. The normalized spacial score (nSPS) is 13.4. The van der Waals surface area contributed by atoms with Crippen LogP contribution in [0.4, 0.5) is 0 Å². The molecule has 0 heterocycles. The highest BCUT2D eigenvalue weighted by Gasteiger charge is 2.41. The average Bonchev–Trinajstić information content (AvgIpc) is 3.07. The van der Waals surface area contributed by atoms with Crippen molar-refractivity contribution in [3.63, 3.8) is 0 Å². The summed E-state index contributed by atoms with van der Waals surface area (Å²) in [5, 5.41) is -0.504. The van der Waals surface area contributed by atoms with Crippen molar-refractivity contribution in [2.75, 3.05) is 13.7 Å². The Labute approximate surface area is 285 Å². The van der Waals surface area contributed by atoms with Crippen LogP contribution in [0.3, 0.4) is 0 Å². The SMILES string of the molecule is CN=C[C@H](OC(=O)c1ccccc1)[C@H](OC(=O)c1ccccc1)[C@@H](COC(=O)c1ccccc1)OS(=O)(=O)c1cc(Cl)c(Cl)cc1Cl. The number of benzene rings is 4. The zero-order chi connectivity index (χ0) is 34.0. The molecule has 4 rings (SSSR count). The molecule has 4 aromatic carbocycles. The van der Waals surface area contributed by atoms with Gasteiger partial charge in [0.25, 0.3) is 10.1 Å². The molecular formula is C33H26Cl3NO9S. The van der Waals surface area contributed by atoms with E-state index in [2.05, 4.69) is 4.99 Å². The maximum absolute atomic E-state index is 13.7. The number of carbonyl (C=O) groups excluding carboxylic acids is 3. The van der Waals surface area contributed by atoms with E-state index in [0.717, 1.165) is 18.3 Å². The van der Waals surface area contributed by atoms with Crippen LogP contribution >= 0.6 is 34.8 Å². The van der Waals surface area contributed by atoms with Crippen LogP contribution in [0.25, 0.3) is 0 Å². The number of ether oxygens (including phenoxy) is 3. The van der Waals surface area contributed by atoms with E-state index < -0.39 is 57.8 Å². The molecule has 0 aromatic heterocycles. The Balaban J connectivity index is 1.79. The molecule has 0 N–H and O–H groups in total. The number of hydrogen-bond donors (Lipinski definition) is 0. The van der Waals surface area contributed by atoms with Gasteiger partial charge in [-0.3, -0.25) is 9.18 Å². The average molecular weight is 719 g/mol. The summed E-state index contributed by atoms with van der Waals surface area (Å²) in [5.74, 6) is -2.64. The number of nitrogens with zero attached hydrogens (tertiary/aromatic N) is 1. The lowest BCUT2D eigenvalue weighted by atomic mass is 10.1. The van der Waals surface area contributed by atoms with Gasteiger partial charge < -0.3 is 14.2 Å². The first-order chi connectivity index (χ1) is 22.5. The quantitative estimate of drug-likeness (QED) is 0.0485. The molecule has 0 bridgehead atoms. The third-order valence-electron chi connectivity index (χ3n) is 6.37. The first-order valence-electron chi connectivity index (χ1n) is 13.7. The Hall–Kier alpha value is -4.26. The number of aliphatic imine (C=N–C) groups is 1. The first-order valence-corrected chi connectivity index (χ1v) is 16.3. The topological polar surface area (TPSA) is 135 Å². The van der Waals surface area contributed by atoms with Crippen LogP contribution in [-0.2, 0) is 28.5 Å². The van der Waals surface area contributed by atoms with Crippen LogP contribution in [0.5, 0.6) is 0 Å². The van der Waals surface area contributed by atoms with Crippen LogP contribution in [0.2, 0.25) is 15.1 Å². The van der Waals surface area contributed by atoms with E-state index in [0.29, 0.717) is 0 Å². The smallest absolute Gasteiger partial charge is 0.338 e. The number of halogens is 3. The Morgan fingerprint density at radius 2 is 1.17 bits per heavy atom. The van der Waals surface area contributed by atoms with Gasteiger partial charge in [-0.25, -0.2) is 14.4 Å². The molecule has 0 saturated heterocycles. The summed E-state index contributed by atoms with van der Waals surface area (Å²) >= 11 is 18.3. The summed E-state index contributed by atoms with van der Waals surface area (Å²) in [6, 6.07) is 25.5. The van der Waals surface area contributed by atoms with Gasteiger partial charge in [-0.15, -0.1) is 0 Å². The largest absolute Gasteiger partial charge is 0.459 e. The second-order valence-corrected chi connectivity index (χ2v) is 12.4. The molecule has 10 nitrogen and oxygen atoms in total. The van der Waals surface area contributed by atoms with E-state index in [-0.39, 0.29) is 31.8 Å². The molecule has 0 saturated carbocycles. The zero-order valence-electron chi connectivity index (χ0n) is 24.5. The lowest BCUT2D eigenvalue weighted by Gasteiger charge is -2.30. The van der Waals surface area contributed by atoms with E-state index >= 15 is 0 Å². The third-order valence-corrected chi connectivity index (χ3v) is 8.90. The Bertz CT molecular complexity index is 1840. The van der Waals surface area contributed by atoms with E-state index in [1.807, 2.05) is 0 Å². The number of carbonyl (C=O) groups is 3. The Morgan fingerprint density at radius 1 is 0.702 bits per heavy atom. The summed E-state index contributed by atoms with van der Waals surface area (Å²) in [7, 11) is -3.50. The molecule has 3 atom stereocenters. The maximum atomic E-state index is 13.7. The van der Waals surface area contributed by atoms with Gasteiger partial charge >= 0.3 is 17.9 Å². The van der Waals surface area contributed by atoms with E-state index in [1.165, 1.54) is 43.4 Å². The van der Waals surface area contributed by atoms with Crippen molar-refractivity contribution in [2.45, 2.75) is 23.2 Å².